The summed E-state index contributed by atoms with van der Waals surface area (Å²) in [5.41, 5.74) is 9.07. The number of nitrogen functional groups attached to an aromatic ring is 1. The molecule has 186 valence electrons. The maximum Gasteiger partial charge on any atom is 0.243 e. The molecule has 0 aliphatic heterocycles. The first-order chi connectivity index (χ1) is 16.7. The molecule has 35 heavy (non-hydrogen) atoms. The molecule has 0 aliphatic rings. The average Bonchev–Trinajstić information content (AvgIpc) is 3.23. The van der Waals surface area contributed by atoms with Crippen molar-refractivity contribution in [2.45, 2.75) is 46.2 Å². The molecular formula is C27H36N6O2. The normalized spacial score (nSPS) is 13.0. The van der Waals surface area contributed by atoms with Crippen LogP contribution in [0.25, 0.3) is 10.9 Å². The summed E-state index contributed by atoms with van der Waals surface area (Å²) in [7, 11) is 0. The minimum atomic E-state index is -0.655. The summed E-state index contributed by atoms with van der Waals surface area (Å²) < 4.78 is 0. The number of H-pyrrole nitrogens is 1. The first-order valence-electron chi connectivity index (χ1n) is 12.0. The Morgan fingerprint density at radius 2 is 1.69 bits per heavy atom. The number of para-hydroxylation sites is 1. The highest BCUT2D eigenvalue weighted by Gasteiger charge is 2.29. The maximum absolute atomic E-state index is 13.2. The van der Waals surface area contributed by atoms with Crippen LogP contribution < -0.4 is 21.7 Å². The minimum Gasteiger partial charge on any atom is -0.384 e. The summed E-state index contributed by atoms with van der Waals surface area (Å²) in [6.07, 6.45) is 2.66. The number of nitrogens with two attached hydrogens (primary N) is 1. The lowest BCUT2D eigenvalue weighted by Gasteiger charge is -2.27. The van der Waals surface area contributed by atoms with Gasteiger partial charge in [-0.3, -0.25) is 15.0 Å². The van der Waals surface area contributed by atoms with Crippen LogP contribution in [-0.4, -0.2) is 41.3 Å². The second-order valence-corrected chi connectivity index (χ2v) is 9.49. The molecule has 1 heterocycles. The Morgan fingerprint density at radius 3 is 2.37 bits per heavy atom. The third kappa shape index (κ3) is 6.62. The SMILES string of the molecule is CC(C)C(NC(=O)C(Nc1cccc(C(=N)N)c1)C(C)C)C(=O)NCCc1c[nH]c2ccccc12. The van der Waals surface area contributed by atoms with Crippen LogP contribution in [0.1, 0.15) is 38.8 Å². The maximum atomic E-state index is 13.2. The molecule has 8 nitrogen and oxygen atoms in total. The Bertz CT molecular complexity index is 1180. The number of amidine groups is 1. The van der Waals surface area contributed by atoms with Crippen LogP contribution in [0.15, 0.2) is 54.7 Å². The topological polar surface area (TPSA) is 136 Å². The number of fused-ring (bicyclic) bond motifs is 1. The number of benzene rings is 2. The van der Waals surface area contributed by atoms with Crippen LogP contribution in [0.3, 0.4) is 0 Å². The van der Waals surface area contributed by atoms with Gasteiger partial charge in [0.25, 0.3) is 0 Å². The Balaban J connectivity index is 1.62. The van der Waals surface area contributed by atoms with Crippen molar-refractivity contribution in [3.8, 4) is 0 Å². The molecule has 0 radical (unpaired) electrons. The predicted octanol–water partition coefficient (Wildman–Crippen LogP) is 3.39. The molecule has 3 aromatic rings. The van der Waals surface area contributed by atoms with Gasteiger partial charge in [0.1, 0.15) is 17.9 Å². The van der Waals surface area contributed by atoms with Gasteiger partial charge in [-0.15, -0.1) is 0 Å². The number of hydrogen-bond donors (Lipinski definition) is 6. The fraction of sp³-hybridized carbons (Fsp3) is 0.370. The van der Waals surface area contributed by atoms with Crippen LogP contribution in [0.4, 0.5) is 5.69 Å². The van der Waals surface area contributed by atoms with E-state index in [9.17, 15) is 9.59 Å². The van der Waals surface area contributed by atoms with E-state index >= 15 is 0 Å². The molecule has 0 saturated carbocycles. The van der Waals surface area contributed by atoms with Crippen molar-refractivity contribution in [2.75, 3.05) is 11.9 Å². The van der Waals surface area contributed by atoms with Crippen molar-refractivity contribution < 1.29 is 9.59 Å². The zero-order chi connectivity index (χ0) is 25.5. The van der Waals surface area contributed by atoms with E-state index < -0.39 is 12.1 Å². The number of amides is 2. The Kier molecular flexibility index (Phi) is 8.52. The largest absolute Gasteiger partial charge is 0.384 e. The highest BCUT2D eigenvalue weighted by atomic mass is 16.2. The number of aromatic nitrogens is 1. The highest BCUT2D eigenvalue weighted by molar-refractivity contribution is 5.96. The van der Waals surface area contributed by atoms with Gasteiger partial charge in [0.15, 0.2) is 0 Å². The molecule has 2 amide bonds. The Labute approximate surface area is 206 Å². The lowest BCUT2D eigenvalue weighted by Crippen LogP contribution is -2.54. The van der Waals surface area contributed by atoms with Gasteiger partial charge in [0.05, 0.1) is 0 Å². The van der Waals surface area contributed by atoms with Crippen LogP contribution in [0, 0.1) is 17.2 Å². The van der Waals surface area contributed by atoms with Gasteiger partial charge >= 0.3 is 0 Å². The number of rotatable bonds is 11. The minimum absolute atomic E-state index is 0.0336. The van der Waals surface area contributed by atoms with Crippen molar-refractivity contribution in [3.05, 3.63) is 65.9 Å². The lowest BCUT2D eigenvalue weighted by molar-refractivity contribution is -0.130. The van der Waals surface area contributed by atoms with E-state index in [1.807, 2.05) is 58.2 Å². The van der Waals surface area contributed by atoms with Crippen molar-refractivity contribution in [2.24, 2.45) is 17.6 Å². The van der Waals surface area contributed by atoms with Gasteiger partial charge in [-0.1, -0.05) is 58.0 Å². The number of hydrogen-bond acceptors (Lipinski definition) is 4. The summed E-state index contributed by atoms with van der Waals surface area (Å²) in [6.45, 7) is 8.19. The zero-order valence-corrected chi connectivity index (χ0v) is 20.8. The van der Waals surface area contributed by atoms with E-state index in [0.29, 0.717) is 24.2 Å². The van der Waals surface area contributed by atoms with Gasteiger partial charge in [-0.2, -0.15) is 0 Å². The first kappa shape index (κ1) is 25.8. The van der Waals surface area contributed by atoms with E-state index in [1.54, 1.807) is 18.2 Å². The molecule has 2 aromatic carbocycles. The quantitative estimate of drug-likeness (QED) is 0.187. The molecule has 7 N–H and O–H groups in total. The molecule has 0 saturated heterocycles. The fourth-order valence-corrected chi connectivity index (χ4v) is 4.04. The second-order valence-electron chi connectivity index (χ2n) is 9.49. The molecule has 0 fully saturated rings. The van der Waals surface area contributed by atoms with Gasteiger partial charge in [0, 0.05) is 34.9 Å². The second kappa shape index (κ2) is 11.6. The molecule has 2 unspecified atom stereocenters. The summed E-state index contributed by atoms with van der Waals surface area (Å²) >= 11 is 0. The van der Waals surface area contributed by atoms with Crippen LogP contribution in [0.5, 0.6) is 0 Å². The lowest BCUT2D eigenvalue weighted by atomic mass is 9.99. The van der Waals surface area contributed by atoms with Crippen LogP contribution >= 0.6 is 0 Å². The smallest absolute Gasteiger partial charge is 0.243 e. The van der Waals surface area contributed by atoms with Crippen LogP contribution in [-0.2, 0) is 16.0 Å². The number of carbonyl (C=O) groups excluding carboxylic acids is 2. The summed E-state index contributed by atoms with van der Waals surface area (Å²) in [5, 5.41) is 17.9. The number of anilines is 1. The van der Waals surface area contributed by atoms with E-state index in [2.05, 4.69) is 27.0 Å². The third-order valence-electron chi connectivity index (χ3n) is 6.06. The van der Waals surface area contributed by atoms with E-state index in [1.165, 1.54) is 0 Å². The monoisotopic (exact) mass is 476 g/mol. The van der Waals surface area contributed by atoms with Gasteiger partial charge in [-0.25, -0.2) is 0 Å². The van der Waals surface area contributed by atoms with Crippen molar-refractivity contribution in [1.82, 2.24) is 15.6 Å². The van der Waals surface area contributed by atoms with Crippen molar-refractivity contribution >= 4 is 34.2 Å². The molecule has 0 spiro atoms. The highest BCUT2D eigenvalue weighted by Crippen LogP contribution is 2.18. The summed E-state index contributed by atoms with van der Waals surface area (Å²) in [5.74, 6) is -0.606. The van der Waals surface area contributed by atoms with Crippen LogP contribution in [0.2, 0.25) is 0 Å². The third-order valence-corrected chi connectivity index (χ3v) is 6.06. The molecule has 8 heteroatoms. The first-order valence-corrected chi connectivity index (χ1v) is 12.0. The number of nitrogens with one attached hydrogen (secondary N) is 5. The van der Waals surface area contributed by atoms with E-state index in [-0.39, 0.29) is 29.5 Å². The predicted molar refractivity (Wildman–Crippen MR) is 141 cm³/mol. The molecule has 1 aromatic heterocycles. The van der Waals surface area contributed by atoms with E-state index in [4.69, 9.17) is 11.1 Å². The summed E-state index contributed by atoms with van der Waals surface area (Å²) in [4.78, 5) is 29.5. The molecule has 0 bridgehead atoms. The fourth-order valence-electron chi connectivity index (χ4n) is 4.04. The Morgan fingerprint density at radius 1 is 0.971 bits per heavy atom. The van der Waals surface area contributed by atoms with Gasteiger partial charge in [0.2, 0.25) is 11.8 Å². The summed E-state index contributed by atoms with van der Waals surface area (Å²) in [6, 6.07) is 13.9. The number of aromatic amines is 1. The number of carbonyl (C=O) groups is 2. The van der Waals surface area contributed by atoms with Crippen molar-refractivity contribution in [1.29, 1.82) is 5.41 Å². The molecule has 3 rings (SSSR count). The van der Waals surface area contributed by atoms with Crippen molar-refractivity contribution in [3.63, 3.8) is 0 Å². The average molecular weight is 477 g/mol. The molecule has 0 aliphatic carbocycles. The Hall–Kier alpha value is -3.81. The molecular weight excluding hydrogens is 440 g/mol. The van der Waals surface area contributed by atoms with E-state index in [0.717, 1.165) is 16.5 Å². The van der Waals surface area contributed by atoms with Gasteiger partial charge in [-0.05, 0) is 42.0 Å². The standard InChI is InChI=1S/C27H36N6O2/c1-16(2)23(26(34)30-13-12-19-15-31-22-11-6-5-10-21(19)22)33-27(35)24(17(3)4)32-20-9-7-8-18(14-20)25(28)29/h5-11,14-17,23-24,31-32H,12-13H2,1-4H3,(H3,28,29)(H,30,34)(H,33,35). The van der Waals surface area contributed by atoms with Gasteiger partial charge < -0.3 is 26.7 Å². The zero-order valence-electron chi connectivity index (χ0n) is 20.8. The molecule has 2 atom stereocenters.